The van der Waals surface area contributed by atoms with Gasteiger partial charge in [0.1, 0.15) is 0 Å². The van der Waals surface area contributed by atoms with Crippen LogP contribution in [0.5, 0.6) is 0 Å². The van der Waals surface area contributed by atoms with E-state index in [9.17, 15) is 0 Å². The van der Waals surface area contributed by atoms with Gasteiger partial charge in [-0.05, 0) is 39.2 Å². The second kappa shape index (κ2) is 6.42. The van der Waals surface area contributed by atoms with E-state index in [1.54, 1.807) is 7.11 Å². The van der Waals surface area contributed by atoms with Crippen LogP contribution in [0.1, 0.15) is 31.4 Å². The van der Waals surface area contributed by atoms with Crippen LogP contribution >= 0.6 is 11.6 Å². The summed E-state index contributed by atoms with van der Waals surface area (Å²) in [6.45, 7) is 4.05. The molecule has 1 aromatic rings. The third-order valence-electron chi connectivity index (χ3n) is 4.51. The molecule has 1 N–H and O–H groups in total. The average Bonchev–Trinajstić information content (AvgIpc) is 2.42. The summed E-state index contributed by atoms with van der Waals surface area (Å²) in [4.78, 5) is 6.90. The molecule has 3 rings (SSSR count). The van der Waals surface area contributed by atoms with Gasteiger partial charge in [-0.15, -0.1) is 10.2 Å². The van der Waals surface area contributed by atoms with Crippen molar-refractivity contribution < 1.29 is 4.74 Å². The van der Waals surface area contributed by atoms with Crippen molar-refractivity contribution in [3.63, 3.8) is 0 Å². The number of hydrogen-bond donors (Lipinski definition) is 1. The van der Waals surface area contributed by atoms with Gasteiger partial charge in [0.25, 0.3) is 0 Å². The number of rotatable bonds is 4. The molecule has 1 saturated heterocycles. The first-order chi connectivity index (χ1) is 10.2. The van der Waals surface area contributed by atoms with Gasteiger partial charge >= 0.3 is 0 Å². The van der Waals surface area contributed by atoms with E-state index in [1.807, 2.05) is 6.92 Å². The van der Waals surface area contributed by atoms with Crippen molar-refractivity contribution >= 4 is 17.5 Å². The van der Waals surface area contributed by atoms with E-state index in [0.717, 1.165) is 25.8 Å². The zero-order valence-corrected chi connectivity index (χ0v) is 13.3. The minimum Gasteiger partial charge on any atom is -0.381 e. The quantitative estimate of drug-likeness (QED) is 0.916. The fourth-order valence-corrected chi connectivity index (χ4v) is 3.20. The van der Waals surface area contributed by atoms with Crippen molar-refractivity contribution in [1.29, 1.82) is 0 Å². The first kappa shape index (κ1) is 14.9. The Labute approximate surface area is 130 Å². The molecule has 116 valence electrons. The van der Waals surface area contributed by atoms with E-state index < -0.39 is 0 Å². The molecule has 2 heterocycles. The molecule has 21 heavy (non-hydrogen) atoms. The molecule has 1 saturated carbocycles. The molecule has 0 spiro atoms. The maximum atomic E-state index is 5.86. The number of likely N-dealkylation sites (tertiary alicyclic amines) is 1. The van der Waals surface area contributed by atoms with Crippen molar-refractivity contribution in [1.82, 2.24) is 20.1 Å². The fraction of sp³-hybridized carbons (Fsp3) is 0.786. The van der Waals surface area contributed by atoms with E-state index in [1.165, 1.54) is 13.0 Å². The summed E-state index contributed by atoms with van der Waals surface area (Å²) in [6.07, 6.45) is 5.10. The number of piperidine rings is 1. The standard InChI is InChI=1S/C14H22ClN5O/c1-9-13(15)18-19-14(16-9)17-10-4-3-5-20(8-10)11-6-12(7-11)21-2/h10-12H,3-8H2,1-2H3,(H,16,17,19)/t10-,11?,12?/m1/s1. The molecule has 6 nitrogen and oxygen atoms in total. The van der Waals surface area contributed by atoms with E-state index in [4.69, 9.17) is 16.3 Å². The summed E-state index contributed by atoms with van der Waals surface area (Å²) in [5, 5.41) is 11.7. The van der Waals surface area contributed by atoms with Gasteiger partial charge in [-0.2, -0.15) is 0 Å². The number of hydrogen-bond acceptors (Lipinski definition) is 6. The molecule has 1 aromatic heterocycles. The molecule has 0 unspecified atom stereocenters. The van der Waals surface area contributed by atoms with Crippen LogP contribution in [0.3, 0.4) is 0 Å². The largest absolute Gasteiger partial charge is 0.381 e. The van der Waals surface area contributed by atoms with Crippen LogP contribution in [0.2, 0.25) is 5.15 Å². The number of nitrogens with one attached hydrogen (secondary N) is 1. The smallest absolute Gasteiger partial charge is 0.243 e. The van der Waals surface area contributed by atoms with Gasteiger partial charge in [0.15, 0.2) is 5.15 Å². The van der Waals surface area contributed by atoms with Gasteiger partial charge in [-0.3, -0.25) is 4.90 Å². The lowest BCUT2D eigenvalue weighted by molar-refractivity contribution is -0.0333. The van der Waals surface area contributed by atoms with Gasteiger partial charge in [-0.1, -0.05) is 11.6 Å². The number of nitrogens with zero attached hydrogens (tertiary/aromatic N) is 4. The lowest BCUT2D eigenvalue weighted by Crippen LogP contribution is -2.53. The van der Waals surface area contributed by atoms with Gasteiger partial charge in [-0.25, -0.2) is 4.98 Å². The number of aryl methyl sites for hydroxylation is 1. The maximum Gasteiger partial charge on any atom is 0.243 e. The van der Waals surface area contributed by atoms with Crippen LogP contribution < -0.4 is 5.32 Å². The average molecular weight is 312 g/mol. The highest BCUT2D eigenvalue weighted by atomic mass is 35.5. The Morgan fingerprint density at radius 2 is 2.14 bits per heavy atom. The van der Waals surface area contributed by atoms with E-state index in [0.29, 0.717) is 35.0 Å². The highest BCUT2D eigenvalue weighted by Crippen LogP contribution is 2.30. The van der Waals surface area contributed by atoms with Gasteiger partial charge < -0.3 is 10.1 Å². The molecule has 0 bridgehead atoms. The summed E-state index contributed by atoms with van der Waals surface area (Å²) in [5.41, 5.74) is 0.712. The van der Waals surface area contributed by atoms with E-state index in [2.05, 4.69) is 25.4 Å². The predicted octanol–water partition coefficient (Wildman–Crippen LogP) is 1.89. The number of halogens is 1. The van der Waals surface area contributed by atoms with Crippen LogP contribution in [0.25, 0.3) is 0 Å². The van der Waals surface area contributed by atoms with Crippen LogP contribution in [0, 0.1) is 6.92 Å². The molecule has 0 amide bonds. The van der Waals surface area contributed by atoms with Crippen molar-refractivity contribution in [2.45, 2.75) is 50.8 Å². The molecule has 1 aliphatic heterocycles. The summed E-state index contributed by atoms with van der Waals surface area (Å²) in [7, 11) is 1.80. The van der Waals surface area contributed by atoms with Crippen LogP contribution in [0.15, 0.2) is 0 Å². The third-order valence-corrected chi connectivity index (χ3v) is 4.86. The minimum atomic E-state index is 0.367. The zero-order valence-electron chi connectivity index (χ0n) is 12.5. The van der Waals surface area contributed by atoms with E-state index >= 15 is 0 Å². The molecule has 0 aromatic carbocycles. The van der Waals surface area contributed by atoms with Crippen LogP contribution in [-0.2, 0) is 4.74 Å². The third kappa shape index (κ3) is 3.44. The molecular formula is C14H22ClN5O. The molecule has 7 heteroatoms. The highest BCUT2D eigenvalue weighted by Gasteiger charge is 2.35. The first-order valence-electron chi connectivity index (χ1n) is 7.56. The Morgan fingerprint density at radius 1 is 1.33 bits per heavy atom. The topological polar surface area (TPSA) is 63.2 Å². The fourth-order valence-electron chi connectivity index (χ4n) is 3.12. The van der Waals surface area contributed by atoms with Gasteiger partial charge in [0.05, 0.1) is 11.8 Å². The Kier molecular flexibility index (Phi) is 4.57. The van der Waals surface area contributed by atoms with E-state index in [-0.39, 0.29) is 0 Å². The summed E-state index contributed by atoms with van der Waals surface area (Å²) < 4.78 is 5.37. The molecule has 2 fully saturated rings. The maximum absolute atomic E-state index is 5.86. The van der Waals surface area contributed by atoms with Crippen LogP contribution in [0.4, 0.5) is 5.95 Å². The monoisotopic (exact) mass is 311 g/mol. The summed E-state index contributed by atoms with van der Waals surface area (Å²) >= 11 is 5.86. The van der Waals surface area contributed by atoms with Gasteiger partial charge in [0, 0.05) is 25.7 Å². The van der Waals surface area contributed by atoms with Crippen molar-refractivity contribution in [3.8, 4) is 0 Å². The van der Waals surface area contributed by atoms with Crippen molar-refractivity contribution in [2.24, 2.45) is 0 Å². The zero-order chi connectivity index (χ0) is 14.8. The second-order valence-electron chi connectivity index (χ2n) is 5.97. The number of aromatic nitrogens is 3. The van der Waals surface area contributed by atoms with Crippen molar-refractivity contribution in [3.05, 3.63) is 10.8 Å². The minimum absolute atomic E-state index is 0.367. The molecule has 2 aliphatic rings. The molecular weight excluding hydrogens is 290 g/mol. The Morgan fingerprint density at radius 3 is 2.86 bits per heavy atom. The predicted molar refractivity (Wildman–Crippen MR) is 81.6 cm³/mol. The number of anilines is 1. The molecule has 0 radical (unpaired) electrons. The van der Waals surface area contributed by atoms with Crippen molar-refractivity contribution in [2.75, 3.05) is 25.5 Å². The van der Waals surface area contributed by atoms with Crippen LogP contribution in [-0.4, -0.2) is 58.5 Å². The Bertz CT molecular complexity index is 494. The van der Waals surface area contributed by atoms with Gasteiger partial charge in [0.2, 0.25) is 5.95 Å². The lowest BCUT2D eigenvalue weighted by Gasteiger charge is -2.45. The SMILES string of the molecule is COC1CC(N2CCC[C@@H](Nc3nnc(Cl)c(C)n3)C2)C1. The second-order valence-corrected chi connectivity index (χ2v) is 6.33. The Balaban J connectivity index is 1.55. The molecule has 1 aliphatic carbocycles. The molecule has 1 atom stereocenters. The normalized spacial score (nSPS) is 30.0. The highest BCUT2D eigenvalue weighted by molar-refractivity contribution is 6.29. The summed E-state index contributed by atoms with van der Waals surface area (Å²) in [6, 6.07) is 1.05. The first-order valence-corrected chi connectivity index (χ1v) is 7.93. The number of methoxy groups -OCH3 is 1. The number of ether oxygens (including phenoxy) is 1. The lowest BCUT2D eigenvalue weighted by atomic mass is 9.86. The Hall–Kier alpha value is -0.980. The summed E-state index contributed by atoms with van der Waals surface area (Å²) in [5.74, 6) is 0.576.